The number of carbonyl (C=O) groups excluding carboxylic acids is 1. The number of aryl methyl sites for hydroxylation is 1. The molecule has 0 radical (unpaired) electrons. The Bertz CT molecular complexity index is 720. The van der Waals surface area contributed by atoms with Crippen molar-refractivity contribution in [3.8, 4) is 6.07 Å². The zero-order valence-electron chi connectivity index (χ0n) is 10.8. The van der Waals surface area contributed by atoms with Gasteiger partial charge in [0, 0.05) is 5.69 Å². The second kappa shape index (κ2) is 5.64. The van der Waals surface area contributed by atoms with Gasteiger partial charge in [0.25, 0.3) is 5.91 Å². The molecule has 0 aliphatic rings. The van der Waals surface area contributed by atoms with E-state index in [0.717, 1.165) is 5.56 Å². The van der Waals surface area contributed by atoms with Gasteiger partial charge in [-0.05, 0) is 37.3 Å². The smallest absolute Gasteiger partial charge is 0.257 e. The highest BCUT2D eigenvalue weighted by atomic mass is 35.5. The number of hydrogen-bond donors (Lipinski definition) is 2. The minimum Gasteiger partial charge on any atom is -0.398 e. The standard InChI is InChI=1S/C15H12ClN3O/c1-9-2-5-13(18)11(6-9)15(20)19-14-7-10(8-17)3-4-12(14)16/h2-7H,18H2,1H3,(H,19,20). The maximum Gasteiger partial charge on any atom is 0.257 e. The Hall–Kier alpha value is -2.51. The van der Waals surface area contributed by atoms with Crippen molar-refractivity contribution in [1.82, 2.24) is 0 Å². The third kappa shape index (κ3) is 2.90. The molecule has 4 nitrogen and oxygen atoms in total. The van der Waals surface area contributed by atoms with Gasteiger partial charge in [-0.1, -0.05) is 23.2 Å². The molecule has 100 valence electrons. The molecular weight excluding hydrogens is 274 g/mol. The molecular formula is C15H12ClN3O. The topological polar surface area (TPSA) is 78.9 Å². The zero-order valence-corrected chi connectivity index (χ0v) is 11.5. The van der Waals surface area contributed by atoms with Crippen LogP contribution in [0, 0.1) is 18.3 Å². The van der Waals surface area contributed by atoms with Crippen molar-refractivity contribution in [3.05, 3.63) is 58.1 Å². The summed E-state index contributed by atoms with van der Waals surface area (Å²) in [6.45, 7) is 1.87. The van der Waals surface area contributed by atoms with Crippen molar-refractivity contribution in [2.45, 2.75) is 6.92 Å². The number of nitriles is 1. The van der Waals surface area contributed by atoms with E-state index in [1.807, 2.05) is 19.1 Å². The first-order valence-electron chi connectivity index (χ1n) is 5.88. The summed E-state index contributed by atoms with van der Waals surface area (Å²) in [5, 5.41) is 11.9. The predicted octanol–water partition coefficient (Wildman–Crippen LogP) is 3.35. The third-order valence-electron chi connectivity index (χ3n) is 2.80. The molecule has 0 fully saturated rings. The van der Waals surface area contributed by atoms with Crippen molar-refractivity contribution in [1.29, 1.82) is 5.26 Å². The summed E-state index contributed by atoms with van der Waals surface area (Å²) in [4.78, 5) is 12.2. The number of nitrogen functional groups attached to an aromatic ring is 1. The average molecular weight is 286 g/mol. The van der Waals surface area contributed by atoms with Gasteiger partial charge in [0.2, 0.25) is 0 Å². The third-order valence-corrected chi connectivity index (χ3v) is 3.13. The molecule has 0 aromatic heterocycles. The fourth-order valence-corrected chi connectivity index (χ4v) is 1.91. The number of hydrogen-bond acceptors (Lipinski definition) is 3. The van der Waals surface area contributed by atoms with Gasteiger partial charge in [-0.25, -0.2) is 0 Å². The lowest BCUT2D eigenvalue weighted by Crippen LogP contribution is -2.14. The monoisotopic (exact) mass is 285 g/mol. The first kappa shape index (κ1) is 13.9. The summed E-state index contributed by atoms with van der Waals surface area (Å²) >= 11 is 6.00. The fourth-order valence-electron chi connectivity index (χ4n) is 1.75. The Morgan fingerprint density at radius 1 is 1.30 bits per heavy atom. The Labute approximate surface area is 121 Å². The van der Waals surface area contributed by atoms with Crippen LogP contribution >= 0.6 is 11.6 Å². The summed E-state index contributed by atoms with van der Waals surface area (Å²) < 4.78 is 0. The van der Waals surface area contributed by atoms with Crippen LogP contribution in [0.5, 0.6) is 0 Å². The Morgan fingerprint density at radius 3 is 2.75 bits per heavy atom. The average Bonchev–Trinajstić information content (AvgIpc) is 2.43. The van der Waals surface area contributed by atoms with Crippen LogP contribution in [-0.4, -0.2) is 5.91 Å². The molecule has 0 atom stereocenters. The number of halogens is 1. The molecule has 3 N–H and O–H groups in total. The van der Waals surface area contributed by atoms with Gasteiger partial charge in [0.05, 0.1) is 27.9 Å². The molecule has 0 saturated heterocycles. The molecule has 2 rings (SSSR count). The molecule has 2 aromatic rings. The van der Waals surface area contributed by atoms with Gasteiger partial charge in [-0.2, -0.15) is 5.26 Å². The first-order valence-corrected chi connectivity index (χ1v) is 6.26. The van der Waals surface area contributed by atoms with Gasteiger partial charge in [0.1, 0.15) is 0 Å². The molecule has 2 aromatic carbocycles. The summed E-state index contributed by atoms with van der Waals surface area (Å²) in [6, 6.07) is 11.9. The number of benzene rings is 2. The van der Waals surface area contributed by atoms with Crippen LogP contribution in [0.2, 0.25) is 5.02 Å². The SMILES string of the molecule is Cc1ccc(N)c(C(=O)Nc2cc(C#N)ccc2Cl)c1. The zero-order chi connectivity index (χ0) is 14.7. The van der Waals surface area contributed by atoms with Crippen molar-refractivity contribution in [2.75, 3.05) is 11.1 Å². The summed E-state index contributed by atoms with van der Waals surface area (Å²) in [6.07, 6.45) is 0. The second-order valence-corrected chi connectivity index (χ2v) is 4.76. The molecule has 0 bridgehead atoms. The van der Waals surface area contributed by atoms with Crippen LogP contribution in [0.25, 0.3) is 0 Å². The van der Waals surface area contributed by atoms with Gasteiger partial charge in [0.15, 0.2) is 0 Å². The number of rotatable bonds is 2. The van der Waals surface area contributed by atoms with Crippen LogP contribution < -0.4 is 11.1 Å². The maximum absolute atomic E-state index is 12.2. The van der Waals surface area contributed by atoms with E-state index in [1.54, 1.807) is 24.3 Å². The number of nitrogens with zero attached hydrogens (tertiary/aromatic N) is 1. The minimum absolute atomic E-state index is 0.358. The molecule has 0 aliphatic carbocycles. The highest BCUT2D eigenvalue weighted by Gasteiger charge is 2.12. The normalized spacial score (nSPS) is 9.85. The summed E-state index contributed by atoms with van der Waals surface area (Å²) in [5.41, 5.74) is 8.30. The number of anilines is 2. The lowest BCUT2D eigenvalue weighted by Gasteiger charge is -2.10. The van der Waals surface area contributed by atoms with E-state index < -0.39 is 0 Å². The van der Waals surface area contributed by atoms with E-state index in [0.29, 0.717) is 27.5 Å². The minimum atomic E-state index is -0.358. The van der Waals surface area contributed by atoms with Crippen LogP contribution in [0.4, 0.5) is 11.4 Å². The van der Waals surface area contributed by atoms with E-state index in [9.17, 15) is 4.79 Å². The Balaban J connectivity index is 2.33. The Kier molecular flexibility index (Phi) is 3.92. The molecule has 0 aliphatic heterocycles. The van der Waals surface area contributed by atoms with Crippen molar-refractivity contribution in [3.63, 3.8) is 0 Å². The highest BCUT2D eigenvalue weighted by molar-refractivity contribution is 6.34. The first-order chi connectivity index (χ1) is 9.51. The van der Waals surface area contributed by atoms with Crippen LogP contribution in [0.1, 0.15) is 21.5 Å². The van der Waals surface area contributed by atoms with E-state index in [-0.39, 0.29) is 5.91 Å². The van der Waals surface area contributed by atoms with Crippen LogP contribution in [0.15, 0.2) is 36.4 Å². The van der Waals surface area contributed by atoms with E-state index in [1.165, 1.54) is 6.07 Å². The van der Waals surface area contributed by atoms with E-state index in [2.05, 4.69) is 5.32 Å². The lowest BCUT2D eigenvalue weighted by molar-refractivity contribution is 0.102. The van der Waals surface area contributed by atoms with E-state index in [4.69, 9.17) is 22.6 Å². The van der Waals surface area contributed by atoms with Gasteiger partial charge in [-0.3, -0.25) is 4.79 Å². The highest BCUT2D eigenvalue weighted by Crippen LogP contribution is 2.24. The number of nitrogens with one attached hydrogen (secondary N) is 1. The summed E-state index contributed by atoms with van der Waals surface area (Å²) in [7, 11) is 0. The van der Waals surface area contributed by atoms with Crippen LogP contribution in [-0.2, 0) is 0 Å². The van der Waals surface area contributed by atoms with Crippen molar-refractivity contribution >= 4 is 28.9 Å². The predicted molar refractivity (Wildman–Crippen MR) is 79.7 cm³/mol. The van der Waals surface area contributed by atoms with Crippen LogP contribution in [0.3, 0.4) is 0 Å². The summed E-state index contributed by atoms with van der Waals surface area (Å²) in [5.74, 6) is -0.358. The maximum atomic E-state index is 12.2. The lowest BCUT2D eigenvalue weighted by atomic mass is 10.1. The van der Waals surface area contributed by atoms with E-state index >= 15 is 0 Å². The molecule has 20 heavy (non-hydrogen) atoms. The molecule has 0 unspecified atom stereocenters. The number of carbonyl (C=O) groups is 1. The van der Waals surface area contributed by atoms with Crippen molar-refractivity contribution < 1.29 is 4.79 Å². The molecule has 0 saturated carbocycles. The second-order valence-electron chi connectivity index (χ2n) is 4.35. The largest absolute Gasteiger partial charge is 0.398 e. The van der Waals surface area contributed by atoms with Gasteiger partial charge >= 0.3 is 0 Å². The van der Waals surface area contributed by atoms with Gasteiger partial charge < -0.3 is 11.1 Å². The molecule has 1 amide bonds. The van der Waals surface area contributed by atoms with Crippen molar-refractivity contribution in [2.24, 2.45) is 0 Å². The fraction of sp³-hybridized carbons (Fsp3) is 0.0667. The molecule has 0 heterocycles. The number of amides is 1. The molecule has 0 spiro atoms. The quantitative estimate of drug-likeness (QED) is 0.831. The molecule has 5 heteroatoms. The Morgan fingerprint density at radius 2 is 2.05 bits per heavy atom. The van der Waals surface area contributed by atoms with Gasteiger partial charge in [-0.15, -0.1) is 0 Å². The number of nitrogens with two attached hydrogens (primary N) is 1.